The van der Waals surface area contributed by atoms with Crippen molar-refractivity contribution in [2.75, 3.05) is 14.2 Å². The van der Waals surface area contributed by atoms with Gasteiger partial charge >= 0.3 is 0 Å². The second kappa shape index (κ2) is 10.6. The molecule has 0 aliphatic rings. The lowest BCUT2D eigenvalue weighted by Gasteiger charge is -2.27. The lowest BCUT2D eigenvalue weighted by molar-refractivity contribution is -0.384. The van der Waals surface area contributed by atoms with Crippen molar-refractivity contribution in [2.24, 2.45) is 0 Å². The van der Waals surface area contributed by atoms with Crippen LogP contribution in [0.25, 0.3) is 11.1 Å². The molecule has 0 amide bonds. The molecule has 1 atom stereocenters. The molecule has 0 aliphatic heterocycles. The minimum Gasteiger partial charge on any atom is -0.354 e. The summed E-state index contributed by atoms with van der Waals surface area (Å²) in [6.07, 6.45) is -1.10. The van der Waals surface area contributed by atoms with Crippen LogP contribution in [0.5, 0.6) is 0 Å². The Morgan fingerprint density at radius 3 is 2.18 bits per heavy atom. The fourth-order valence-corrected chi connectivity index (χ4v) is 4.73. The van der Waals surface area contributed by atoms with E-state index in [-0.39, 0.29) is 17.0 Å². The fourth-order valence-electron chi connectivity index (χ4n) is 3.51. The molecular formula is C23H23FN2O6S. The summed E-state index contributed by atoms with van der Waals surface area (Å²) >= 11 is 0. The predicted molar refractivity (Wildman–Crippen MR) is 121 cm³/mol. The Morgan fingerprint density at radius 1 is 0.970 bits per heavy atom. The Labute approximate surface area is 191 Å². The van der Waals surface area contributed by atoms with Gasteiger partial charge in [-0.05, 0) is 41.3 Å². The van der Waals surface area contributed by atoms with Gasteiger partial charge in [-0.1, -0.05) is 42.5 Å². The van der Waals surface area contributed by atoms with Crippen molar-refractivity contribution >= 4 is 15.7 Å². The number of benzene rings is 3. The molecule has 0 saturated carbocycles. The number of non-ortho nitro benzene ring substituents is 1. The number of nitrogens with zero attached hydrogens (tertiary/aromatic N) is 1. The van der Waals surface area contributed by atoms with Crippen molar-refractivity contribution in [1.82, 2.24) is 4.72 Å². The molecule has 0 radical (unpaired) electrons. The minimum atomic E-state index is -4.13. The van der Waals surface area contributed by atoms with Crippen molar-refractivity contribution in [3.63, 3.8) is 0 Å². The number of hydrogen-bond donors (Lipinski definition) is 1. The van der Waals surface area contributed by atoms with E-state index in [2.05, 4.69) is 4.72 Å². The quantitative estimate of drug-likeness (QED) is 0.271. The summed E-state index contributed by atoms with van der Waals surface area (Å²) < 4.78 is 54.0. The molecule has 174 valence electrons. The molecule has 0 bridgehead atoms. The topological polar surface area (TPSA) is 108 Å². The number of nitro groups is 1. The van der Waals surface area contributed by atoms with Gasteiger partial charge in [0, 0.05) is 26.4 Å². The van der Waals surface area contributed by atoms with E-state index in [4.69, 9.17) is 9.47 Å². The summed E-state index contributed by atoms with van der Waals surface area (Å²) in [7, 11) is -1.44. The molecule has 1 unspecified atom stereocenters. The highest BCUT2D eigenvalue weighted by Gasteiger charge is 2.30. The van der Waals surface area contributed by atoms with Crippen LogP contribution >= 0.6 is 0 Å². The third-order valence-corrected chi connectivity index (χ3v) is 6.59. The lowest BCUT2D eigenvalue weighted by Crippen LogP contribution is -2.46. The molecule has 1 N–H and O–H groups in total. The van der Waals surface area contributed by atoms with Crippen LogP contribution in [0.3, 0.4) is 0 Å². The Bertz CT molecular complexity index is 1200. The standard InChI is InChI=1S/C23H23FN2O6S/c1-31-23(32-2)22(25-33(29,30)18-13-11-17(12-14-18)26(27)28)15-20-19(9-6-10-21(20)24)16-7-4-3-5-8-16/h3-14,22-23,25H,15H2,1-2H3. The van der Waals surface area contributed by atoms with Gasteiger partial charge in [0.2, 0.25) is 10.0 Å². The molecule has 8 nitrogen and oxygen atoms in total. The summed E-state index contributed by atoms with van der Waals surface area (Å²) in [4.78, 5) is 10.1. The van der Waals surface area contributed by atoms with E-state index in [1.807, 2.05) is 30.3 Å². The molecule has 0 spiro atoms. The van der Waals surface area contributed by atoms with Gasteiger partial charge in [-0.3, -0.25) is 10.1 Å². The molecule has 33 heavy (non-hydrogen) atoms. The summed E-state index contributed by atoms with van der Waals surface area (Å²) in [6.45, 7) is 0. The van der Waals surface area contributed by atoms with Crippen LogP contribution < -0.4 is 4.72 Å². The number of rotatable bonds is 10. The SMILES string of the molecule is COC(OC)C(Cc1c(F)cccc1-c1ccccc1)NS(=O)(=O)c1ccc([N+](=O)[O-])cc1. The second-order valence-electron chi connectivity index (χ2n) is 7.15. The van der Waals surface area contributed by atoms with Crippen LogP contribution in [0.2, 0.25) is 0 Å². The van der Waals surface area contributed by atoms with Crippen LogP contribution in [0, 0.1) is 15.9 Å². The minimum absolute atomic E-state index is 0.0739. The Morgan fingerprint density at radius 2 is 1.61 bits per heavy atom. The Balaban J connectivity index is 1.98. The van der Waals surface area contributed by atoms with E-state index < -0.39 is 33.1 Å². The lowest BCUT2D eigenvalue weighted by atomic mass is 9.94. The molecule has 3 rings (SSSR count). The maximum Gasteiger partial charge on any atom is 0.269 e. The Kier molecular flexibility index (Phi) is 7.88. The van der Waals surface area contributed by atoms with Gasteiger partial charge < -0.3 is 9.47 Å². The van der Waals surface area contributed by atoms with Crippen molar-refractivity contribution in [2.45, 2.75) is 23.6 Å². The van der Waals surface area contributed by atoms with Crippen molar-refractivity contribution in [1.29, 1.82) is 0 Å². The molecule has 0 aromatic heterocycles. The molecule has 0 aliphatic carbocycles. The maximum atomic E-state index is 14.9. The van der Waals surface area contributed by atoms with E-state index in [9.17, 15) is 22.9 Å². The molecule has 0 fully saturated rings. The summed E-state index contributed by atoms with van der Waals surface area (Å²) in [5.41, 5.74) is 1.44. The monoisotopic (exact) mass is 474 g/mol. The normalized spacial score (nSPS) is 12.6. The third-order valence-electron chi connectivity index (χ3n) is 5.09. The van der Waals surface area contributed by atoms with E-state index >= 15 is 0 Å². The van der Waals surface area contributed by atoms with Gasteiger partial charge in [0.15, 0.2) is 6.29 Å². The molecule has 0 saturated heterocycles. The summed E-state index contributed by atoms with van der Waals surface area (Å²) in [5, 5.41) is 10.9. The molecular weight excluding hydrogens is 451 g/mol. The first-order chi connectivity index (χ1) is 15.8. The van der Waals surface area contributed by atoms with E-state index in [0.29, 0.717) is 11.1 Å². The number of halogens is 1. The van der Waals surface area contributed by atoms with E-state index in [1.54, 1.807) is 12.1 Å². The number of nitro benzene ring substituents is 1. The zero-order chi connectivity index (χ0) is 24.0. The van der Waals surface area contributed by atoms with Gasteiger partial charge in [-0.15, -0.1) is 0 Å². The molecule has 3 aromatic rings. The number of hydrogen-bond acceptors (Lipinski definition) is 6. The average Bonchev–Trinajstić information content (AvgIpc) is 2.81. The number of sulfonamides is 1. The summed E-state index contributed by atoms with van der Waals surface area (Å²) in [5.74, 6) is -0.498. The van der Waals surface area contributed by atoms with Crippen molar-refractivity contribution < 1.29 is 27.2 Å². The van der Waals surface area contributed by atoms with Crippen LogP contribution in [0.1, 0.15) is 5.56 Å². The van der Waals surface area contributed by atoms with Crippen molar-refractivity contribution in [3.05, 3.63) is 94.3 Å². The molecule has 10 heteroatoms. The Hall–Kier alpha value is -3.18. The first kappa shape index (κ1) is 24.5. The van der Waals surface area contributed by atoms with Gasteiger partial charge in [-0.25, -0.2) is 17.5 Å². The highest BCUT2D eigenvalue weighted by atomic mass is 32.2. The first-order valence-corrected chi connectivity index (χ1v) is 11.4. The van der Waals surface area contributed by atoms with Crippen LogP contribution in [-0.2, 0) is 25.9 Å². The predicted octanol–water partition coefficient (Wildman–Crippen LogP) is 3.91. The van der Waals surface area contributed by atoms with Crippen LogP contribution in [0.15, 0.2) is 77.7 Å². The third kappa shape index (κ3) is 5.79. The molecule has 3 aromatic carbocycles. The van der Waals surface area contributed by atoms with Gasteiger partial charge in [0.1, 0.15) is 5.82 Å². The maximum absolute atomic E-state index is 14.9. The van der Waals surface area contributed by atoms with E-state index in [1.165, 1.54) is 20.3 Å². The molecule has 0 heterocycles. The zero-order valence-corrected chi connectivity index (χ0v) is 18.8. The zero-order valence-electron chi connectivity index (χ0n) is 18.0. The first-order valence-electron chi connectivity index (χ1n) is 9.92. The van der Waals surface area contributed by atoms with Crippen molar-refractivity contribution in [3.8, 4) is 11.1 Å². The van der Waals surface area contributed by atoms with E-state index in [0.717, 1.165) is 29.8 Å². The van der Waals surface area contributed by atoms with Crippen LogP contribution in [-0.4, -0.2) is 39.9 Å². The largest absolute Gasteiger partial charge is 0.354 e. The van der Waals surface area contributed by atoms with Gasteiger partial charge in [0.25, 0.3) is 5.69 Å². The summed E-state index contributed by atoms with van der Waals surface area (Å²) in [6, 6.07) is 17.2. The van der Waals surface area contributed by atoms with Gasteiger partial charge in [-0.2, -0.15) is 0 Å². The number of nitrogens with one attached hydrogen (secondary N) is 1. The smallest absolute Gasteiger partial charge is 0.269 e. The van der Waals surface area contributed by atoms with Gasteiger partial charge in [0.05, 0.1) is 15.9 Å². The fraction of sp³-hybridized carbons (Fsp3) is 0.217. The average molecular weight is 475 g/mol. The van der Waals surface area contributed by atoms with Crippen LogP contribution in [0.4, 0.5) is 10.1 Å². The number of methoxy groups -OCH3 is 2. The number of ether oxygens (including phenoxy) is 2. The highest BCUT2D eigenvalue weighted by molar-refractivity contribution is 7.89. The highest BCUT2D eigenvalue weighted by Crippen LogP contribution is 2.28. The second-order valence-corrected chi connectivity index (χ2v) is 8.87.